The van der Waals surface area contributed by atoms with Crippen molar-refractivity contribution in [3.63, 3.8) is 0 Å². The van der Waals surface area contributed by atoms with Gasteiger partial charge in [-0.05, 0) is 55.4 Å². The molecule has 1 atom stereocenters. The maximum Gasteiger partial charge on any atom is 0.0534 e. The van der Waals surface area contributed by atoms with Gasteiger partial charge in [0, 0.05) is 18.8 Å². The van der Waals surface area contributed by atoms with E-state index in [2.05, 4.69) is 48.7 Å². The summed E-state index contributed by atoms with van der Waals surface area (Å²) < 4.78 is 2.00. The second-order valence-corrected chi connectivity index (χ2v) is 5.84. The molecular weight excluding hydrogens is 246 g/mol. The first-order chi connectivity index (χ1) is 9.72. The van der Waals surface area contributed by atoms with Crippen molar-refractivity contribution in [2.45, 2.75) is 45.7 Å². The Kier molecular flexibility index (Phi) is 3.88. The van der Waals surface area contributed by atoms with Gasteiger partial charge in [-0.1, -0.05) is 18.2 Å². The van der Waals surface area contributed by atoms with Crippen molar-refractivity contribution in [1.29, 1.82) is 0 Å². The third-order valence-electron chi connectivity index (χ3n) is 4.18. The van der Waals surface area contributed by atoms with Gasteiger partial charge in [-0.25, -0.2) is 0 Å². The zero-order chi connectivity index (χ0) is 13.9. The monoisotopic (exact) mass is 269 g/mol. The summed E-state index contributed by atoms with van der Waals surface area (Å²) >= 11 is 0. The molecule has 3 nitrogen and oxygen atoms in total. The Morgan fingerprint density at radius 1 is 1.30 bits per heavy atom. The minimum Gasteiger partial charge on any atom is -0.308 e. The van der Waals surface area contributed by atoms with Crippen LogP contribution >= 0.6 is 0 Å². The highest BCUT2D eigenvalue weighted by Crippen LogP contribution is 2.25. The number of benzene rings is 1. The Bertz CT molecular complexity index is 586. The van der Waals surface area contributed by atoms with Gasteiger partial charge in [0.15, 0.2) is 0 Å². The van der Waals surface area contributed by atoms with E-state index in [0.29, 0.717) is 6.04 Å². The molecule has 3 heteroatoms. The minimum absolute atomic E-state index is 0.401. The lowest BCUT2D eigenvalue weighted by molar-refractivity contribution is 0.507. The van der Waals surface area contributed by atoms with E-state index in [-0.39, 0.29) is 0 Å². The standard InChI is InChI=1S/C17H23N3/c1-13-11-19-20(12-13)9-8-18-14(2)16-7-6-15-4-3-5-17(15)10-16/h6-7,10-12,14,18H,3-5,8-9H2,1-2H3. The van der Waals surface area contributed by atoms with Crippen molar-refractivity contribution < 1.29 is 0 Å². The molecule has 3 rings (SSSR count). The van der Waals surface area contributed by atoms with E-state index >= 15 is 0 Å². The molecule has 0 radical (unpaired) electrons. The van der Waals surface area contributed by atoms with Crippen molar-refractivity contribution in [3.8, 4) is 0 Å². The number of aromatic nitrogens is 2. The molecule has 0 bridgehead atoms. The van der Waals surface area contributed by atoms with Crippen LogP contribution < -0.4 is 5.32 Å². The Labute approximate surface area is 121 Å². The third-order valence-corrected chi connectivity index (χ3v) is 4.18. The van der Waals surface area contributed by atoms with Crippen LogP contribution in [0.3, 0.4) is 0 Å². The predicted octanol–water partition coefficient (Wildman–Crippen LogP) is 3.03. The highest BCUT2D eigenvalue weighted by molar-refractivity contribution is 5.36. The second-order valence-electron chi connectivity index (χ2n) is 5.84. The smallest absolute Gasteiger partial charge is 0.0534 e. The summed E-state index contributed by atoms with van der Waals surface area (Å²) in [5.74, 6) is 0. The first kappa shape index (κ1) is 13.4. The maximum absolute atomic E-state index is 4.31. The number of nitrogens with zero attached hydrogens (tertiary/aromatic N) is 2. The van der Waals surface area contributed by atoms with E-state index in [4.69, 9.17) is 0 Å². The van der Waals surface area contributed by atoms with Crippen LogP contribution in [0.25, 0.3) is 0 Å². The second kappa shape index (κ2) is 5.80. The van der Waals surface area contributed by atoms with Crippen molar-refractivity contribution in [1.82, 2.24) is 15.1 Å². The largest absolute Gasteiger partial charge is 0.308 e. The third kappa shape index (κ3) is 2.93. The topological polar surface area (TPSA) is 29.9 Å². The molecule has 0 saturated heterocycles. The van der Waals surface area contributed by atoms with Crippen LogP contribution in [0.5, 0.6) is 0 Å². The molecule has 106 valence electrons. The molecule has 1 aromatic heterocycles. The molecule has 0 spiro atoms. The number of nitrogens with one attached hydrogen (secondary N) is 1. The Morgan fingerprint density at radius 2 is 2.15 bits per heavy atom. The van der Waals surface area contributed by atoms with E-state index in [9.17, 15) is 0 Å². The summed E-state index contributed by atoms with van der Waals surface area (Å²) in [6.45, 7) is 6.18. The van der Waals surface area contributed by atoms with E-state index in [1.807, 2.05) is 10.9 Å². The Hall–Kier alpha value is -1.61. The zero-order valence-electron chi connectivity index (χ0n) is 12.4. The molecule has 0 saturated carbocycles. The van der Waals surface area contributed by atoms with Crippen LogP contribution in [0, 0.1) is 6.92 Å². The van der Waals surface area contributed by atoms with Gasteiger partial charge in [0.25, 0.3) is 0 Å². The van der Waals surface area contributed by atoms with Gasteiger partial charge in [0.1, 0.15) is 0 Å². The van der Waals surface area contributed by atoms with Gasteiger partial charge in [-0.2, -0.15) is 5.10 Å². The van der Waals surface area contributed by atoms with Gasteiger partial charge < -0.3 is 5.32 Å². The summed E-state index contributed by atoms with van der Waals surface area (Å²) in [5, 5.41) is 7.90. The van der Waals surface area contributed by atoms with Crippen LogP contribution in [0.4, 0.5) is 0 Å². The molecule has 20 heavy (non-hydrogen) atoms. The average molecular weight is 269 g/mol. The zero-order valence-corrected chi connectivity index (χ0v) is 12.4. The molecular formula is C17H23N3. The van der Waals surface area contributed by atoms with E-state index in [1.54, 1.807) is 11.1 Å². The van der Waals surface area contributed by atoms with Crippen LogP contribution in [0.2, 0.25) is 0 Å². The molecule has 0 fully saturated rings. The molecule has 1 aromatic carbocycles. The quantitative estimate of drug-likeness (QED) is 0.904. The molecule has 1 aliphatic carbocycles. The molecule has 1 aliphatic rings. The van der Waals surface area contributed by atoms with Gasteiger partial charge >= 0.3 is 0 Å². The normalized spacial score (nSPS) is 15.3. The number of fused-ring (bicyclic) bond motifs is 1. The van der Waals surface area contributed by atoms with Crippen molar-refractivity contribution in [3.05, 3.63) is 52.8 Å². The van der Waals surface area contributed by atoms with Crippen molar-refractivity contribution in [2.75, 3.05) is 6.54 Å². The summed E-state index contributed by atoms with van der Waals surface area (Å²) in [7, 11) is 0. The Balaban J connectivity index is 1.55. The first-order valence-electron chi connectivity index (χ1n) is 7.56. The van der Waals surface area contributed by atoms with Gasteiger partial charge in [0.05, 0.1) is 12.7 Å². The molecule has 0 amide bonds. The maximum atomic E-state index is 4.31. The number of rotatable bonds is 5. The summed E-state index contributed by atoms with van der Waals surface area (Å²) in [6, 6.07) is 7.38. The summed E-state index contributed by atoms with van der Waals surface area (Å²) in [5.41, 5.74) is 5.73. The van der Waals surface area contributed by atoms with Crippen LogP contribution in [0.15, 0.2) is 30.6 Å². The molecule has 1 heterocycles. The number of hydrogen-bond acceptors (Lipinski definition) is 2. The molecule has 1 N–H and O–H groups in total. The van der Waals surface area contributed by atoms with Crippen LogP contribution in [-0.4, -0.2) is 16.3 Å². The van der Waals surface area contributed by atoms with E-state index < -0.39 is 0 Å². The highest BCUT2D eigenvalue weighted by Gasteiger charge is 2.13. The van der Waals surface area contributed by atoms with Gasteiger partial charge in [-0.3, -0.25) is 4.68 Å². The lowest BCUT2D eigenvalue weighted by atomic mass is 10.0. The summed E-state index contributed by atoms with van der Waals surface area (Å²) in [4.78, 5) is 0. The highest BCUT2D eigenvalue weighted by atomic mass is 15.3. The van der Waals surface area contributed by atoms with E-state index in [1.165, 1.54) is 30.4 Å². The number of aryl methyl sites for hydroxylation is 3. The minimum atomic E-state index is 0.401. The van der Waals surface area contributed by atoms with Crippen LogP contribution in [-0.2, 0) is 19.4 Å². The van der Waals surface area contributed by atoms with Gasteiger partial charge in [0.2, 0.25) is 0 Å². The lowest BCUT2D eigenvalue weighted by Gasteiger charge is -2.15. The molecule has 0 aliphatic heterocycles. The fraction of sp³-hybridized carbons (Fsp3) is 0.471. The first-order valence-corrected chi connectivity index (χ1v) is 7.56. The lowest BCUT2D eigenvalue weighted by Crippen LogP contribution is -2.23. The SMILES string of the molecule is Cc1cnn(CCNC(C)c2ccc3c(c2)CCC3)c1. The molecule has 2 aromatic rings. The summed E-state index contributed by atoms with van der Waals surface area (Å²) in [6.07, 6.45) is 7.82. The fourth-order valence-corrected chi connectivity index (χ4v) is 2.96. The number of hydrogen-bond donors (Lipinski definition) is 1. The van der Waals surface area contributed by atoms with Gasteiger partial charge in [-0.15, -0.1) is 0 Å². The van der Waals surface area contributed by atoms with Crippen LogP contribution in [0.1, 0.15) is 41.6 Å². The Morgan fingerprint density at radius 3 is 2.95 bits per heavy atom. The van der Waals surface area contributed by atoms with Crippen molar-refractivity contribution in [2.24, 2.45) is 0 Å². The average Bonchev–Trinajstić information content (AvgIpc) is 3.06. The molecule has 1 unspecified atom stereocenters. The van der Waals surface area contributed by atoms with Crippen molar-refractivity contribution >= 4 is 0 Å². The predicted molar refractivity (Wildman–Crippen MR) is 81.8 cm³/mol. The fourth-order valence-electron chi connectivity index (χ4n) is 2.96. The van der Waals surface area contributed by atoms with E-state index in [0.717, 1.165) is 13.1 Å².